The van der Waals surface area contributed by atoms with E-state index in [0.29, 0.717) is 0 Å². The van der Waals surface area contributed by atoms with Crippen LogP contribution < -0.4 is 0 Å². The molecule has 3 heteroatoms. The Hall–Kier alpha value is -0.180. The zero-order valence-electron chi connectivity index (χ0n) is 7.38. The van der Waals surface area contributed by atoms with Crippen molar-refractivity contribution in [3.8, 4) is 0 Å². The number of hydrogen-bond acceptors (Lipinski definition) is 2. The Balaban J connectivity index is 3.33. The Morgan fingerprint density at radius 3 is 2.64 bits per heavy atom. The molecule has 0 aliphatic heterocycles. The molecule has 66 valence electrons. The topological polar surface area (TPSA) is 20.3 Å². The molecule has 1 amide bonds. The molecule has 0 aliphatic carbocycles. The largest absolute Gasteiger partial charge is 0.344 e. The number of nitrogens with zero attached hydrogens (tertiary/aromatic N) is 1. The van der Waals surface area contributed by atoms with Crippen LogP contribution in [0.3, 0.4) is 0 Å². The maximum absolute atomic E-state index is 10.4. The smallest absolute Gasteiger partial charge is 0.209 e. The van der Waals surface area contributed by atoms with E-state index in [0.717, 1.165) is 38.1 Å². The summed E-state index contributed by atoms with van der Waals surface area (Å²) >= 11 is 1.78. The van der Waals surface area contributed by atoms with Gasteiger partial charge in [-0.3, -0.25) is 4.79 Å². The van der Waals surface area contributed by atoms with E-state index >= 15 is 0 Å². The summed E-state index contributed by atoms with van der Waals surface area (Å²) in [5, 5.41) is 0. The Morgan fingerprint density at radius 2 is 2.18 bits per heavy atom. The first kappa shape index (κ1) is 10.8. The van der Waals surface area contributed by atoms with Gasteiger partial charge in [-0.15, -0.1) is 0 Å². The van der Waals surface area contributed by atoms with E-state index < -0.39 is 0 Å². The van der Waals surface area contributed by atoms with Crippen LogP contribution in [-0.4, -0.2) is 36.4 Å². The summed E-state index contributed by atoms with van der Waals surface area (Å²) in [4.78, 5) is 12.3. The summed E-state index contributed by atoms with van der Waals surface area (Å²) in [6.07, 6.45) is 5.28. The van der Waals surface area contributed by atoms with Crippen molar-refractivity contribution in [1.82, 2.24) is 4.90 Å². The van der Waals surface area contributed by atoms with Gasteiger partial charge in [-0.1, -0.05) is 13.3 Å². The number of carbonyl (C=O) groups is 1. The lowest BCUT2D eigenvalue weighted by Gasteiger charge is -2.15. The van der Waals surface area contributed by atoms with Crippen molar-refractivity contribution in [3.05, 3.63) is 0 Å². The van der Waals surface area contributed by atoms with Crippen LogP contribution in [0.2, 0.25) is 0 Å². The van der Waals surface area contributed by atoms with E-state index in [9.17, 15) is 4.79 Å². The standard InChI is InChI=1S/C8H17NOS/c1-3-4-5-9(8-10)6-7-11-2/h8H,3-7H2,1-2H3. The van der Waals surface area contributed by atoms with Crippen LogP contribution in [0.15, 0.2) is 0 Å². The molecule has 0 aromatic heterocycles. The zero-order chi connectivity index (χ0) is 8.53. The quantitative estimate of drug-likeness (QED) is 0.548. The molecule has 0 spiro atoms. The second kappa shape index (κ2) is 7.92. The van der Waals surface area contributed by atoms with Gasteiger partial charge in [0, 0.05) is 18.8 Å². The Morgan fingerprint density at radius 1 is 1.45 bits per heavy atom. The molecule has 0 rings (SSSR count). The number of hydrogen-bond donors (Lipinski definition) is 0. The minimum absolute atomic E-state index is 0.894. The van der Waals surface area contributed by atoms with Gasteiger partial charge in [0.1, 0.15) is 0 Å². The molecule has 0 N–H and O–H groups in total. The molecule has 0 saturated carbocycles. The van der Waals surface area contributed by atoms with Crippen LogP contribution in [-0.2, 0) is 4.79 Å². The summed E-state index contributed by atoms with van der Waals surface area (Å²) in [7, 11) is 0. The van der Waals surface area contributed by atoms with Gasteiger partial charge in [-0.2, -0.15) is 11.8 Å². The number of amides is 1. The zero-order valence-corrected chi connectivity index (χ0v) is 8.19. The fourth-order valence-corrected chi connectivity index (χ4v) is 1.20. The van der Waals surface area contributed by atoms with E-state index in [-0.39, 0.29) is 0 Å². The molecule has 0 aromatic rings. The SMILES string of the molecule is CCCCN(C=O)CCSC. The molecule has 0 heterocycles. The Kier molecular flexibility index (Phi) is 7.79. The lowest BCUT2D eigenvalue weighted by molar-refractivity contribution is -0.117. The summed E-state index contributed by atoms with van der Waals surface area (Å²) in [5.41, 5.74) is 0. The van der Waals surface area contributed by atoms with Crippen molar-refractivity contribution in [2.24, 2.45) is 0 Å². The lowest BCUT2D eigenvalue weighted by atomic mass is 10.3. The summed E-state index contributed by atoms with van der Waals surface area (Å²) in [5.74, 6) is 1.04. The van der Waals surface area contributed by atoms with Crippen molar-refractivity contribution in [3.63, 3.8) is 0 Å². The van der Waals surface area contributed by atoms with Gasteiger partial charge in [0.05, 0.1) is 0 Å². The lowest BCUT2D eigenvalue weighted by Crippen LogP contribution is -2.25. The molecule has 0 aliphatic rings. The highest BCUT2D eigenvalue weighted by atomic mass is 32.2. The third-order valence-corrected chi connectivity index (χ3v) is 2.12. The molecule has 11 heavy (non-hydrogen) atoms. The summed E-state index contributed by atoms with van der Waals surface area (Å²) < 4.78 is 0. The van der Waals surface area contributed by atoms with Crippen molar-refractivity contribution >= 4 is 18.2 Å². The van der Waals surface area contributed by atoms with E-state index in [2.05, 4.69) is 13.2 Å². The van der Waals surface area contributed by atoms with Crippen molar-refractivity contribution in [2.45, 2.75) is 19.8 Å². The maximum atomic E-state index is 10.4. The second-order valence-electron chi connectivity index (χ2n) is 2.49. The monoisotopic (exact) mass is 175 g/mol. The molecule has 0 radical (unpaired) electrons. The first-order valence-corrected chi connectivity index (χ1v) is 5.42. The number of rotatable bonds is 7. The van der Waals surface area contributed by atoms with Gasteiger partial charge in [0.15, 0.2) is 0 Å². The van der Waals surface area contributed by atoms with Gasteiger partial charge in [-0.25, -0.2) is 0 Å². The molecule has 0 fully saturated rings. The fourth-order valence-electron chi connectivity index (χ4n) is 0.787. The number of unbranched alkanes of at least 4 members (excludes halogenated alkanes) is 1. The second-order valence-corrected chi connectivity index (χ2v) is 3.47. The summed E-state index contributed by atoms with van der Waals surface area (Å²) in [6.45, 7) is 3.95. The Bertz CT molecular complexity index is 90.1. The molecule has 0 bridgehead atoms. The summed E-state index contributed by atoms with van der Waals surface area (Å²) in [6, 6.07) is 0. The predicted molar refractivity (Wildman–Crippen MR) is 50.9 cm³/mol. The minimum Gasteiger partial charge on any atom is -0.344 e. The predicted octanol–water partition coefficient (Wildman–Crippen LogP) is 1.61. The van der Waals surface area contributed by atoms with Crippen molar-refractivity contribution in [2.75, 3.05) is 25.1 Å². The highest BCUT2D eigenvalue weighted by Gasteiger charge is 1.97. The third-order valence-electron chi connectivity index (χ3n) is 1.53. The van der Waals surface area contributed by atoms with E-state index in [1.807, 2.05) is 4.90 Å². The third kappa shape index (κ3) is 6.23. The Labute approximate surface area is 73.3 Å². The van der Waals surface area contributed by atoms with Crippen LogP contribution in [0.5, 0.6) is 0 Å². The number of thioether (sulfide) groups is 1. The van der Waals surface area contributed by atoms with E-state index in [1.54, 1.807) is 11.8 Å². The molecule has 0 aromatic carbocycles. The van der Waals surface area contributed by atoms with Gasteiger partial charge in [0.25, 0.3) is 0 Å². The fraction of sp³-hybridized carbons (Fsp3) is 0.875. The first-order chi connectivity index (χ1) is 5.35. The molecule has 2 nitrogen and oxygen atoms in total. The van der Waals surface area contributed by atoms with Crippen molar-refractivity contribution < 1.29 is 4.79 Å². The van der Waals surface area contributed by atoms with Crippen LogP contribution in [0.1, 0.15) is 19.8 Å². The normalized spacial score (nSPS) is 9.64. The molecule has 0 atom stereocenters. The van der Waals surface area contributed by atoms with Gasteiger partial charge >= 0.3 is 0 Å². The van der Waals surface area contributed by atoms with Crippen LogP contribution >= 0.6 is 11.8 Å². The maximum Gasteiger partial charge on any atom is 0.209 e. The van der Waals surface area contributed by atoms with Crippen LogP contribution in [0.25, 0.3) is 0 Å². The molecular weight excluding hydrogens is 158 g/mol. The highest BCUT2D eigenvalue weighted by molar-refractivity contribution is 7.98. The molecular formula is C8H17NOS. The molecule has 0 saturated heterocycles. The van der Waals surface area contributed by atoms with Crippen LogP contribution in [0, 0.1) is 0 Å². The highest BCUT2D eigenvalue weighted by Crippen LogP contribution is 1.96. The average molecular weight is 175 g/mol. The minimum atomic E-state index is 0.894. The molecule has 0 unspecified atom stereocenters. The van der Waals surface area contributed by atoms with E-state index in [1.165, 1.54) is 0 Å². The number of carbonyl (C=O) groups excluding carboxylic acids is 1. The van der Waals surface area contributed by atoms with Gasteiger partial charge in [-0.05, 0) is 12.7 Å². The first-order valence-electron chi connectivity index (χ1n) is 4.03. The van der Waals surface area contributed by atoms with Gasteiger partial charge in [0.2, 0.25) is 6.41 Å². The van der Waals surface area contributed by atoms with Crippen LogP contribution in [0.4, 0.5) is 0 Å². The van der Waals surface area contributed by atoms with E-state index in [4.69, 9.17) is 0 Å². The average Bonchev–Trinajstić information content (AvgIpc) is 2.05. The van der Waals surface area contributed by atoms with Crippen molar-refractivity contribution in [1.29, 1.82) is 0 Å². The van der Waals surface area contributed by atoms with Gasteiger partial charge < -0.3 is 4.90 Å².